The molecule has 0 saturated carbocycles. The first-order valence-electron chi connectivity index (χ1n) is 14.4. The van der Waals surface area contributed by atoms with Crippen molar-refractivity contribution in [3.8, 4) is 28.7 Å². The van der Waals surface area contributed by atoms with Crippen LogP contribution in [-0.4, -0.2) is 54.7 Å². The third-order valence-electron chi connectivity index (χ3n) is 8.73. The van der Waals surface area contributed by atoms with E-state index in [1.807, 2.05) is 6.92 Å². The van der Waals surface area contributed by atoms with Gasteiger partial charge in [-0.1, -0.05) is 31.2 Å². The van der Waals surface area contributed by atoms with Crippen molar-refractivity contribution in [3.63, 3.8) is 0 Å². The Morgan fingerprint density at radius 3 is 2.39 bits per heavy atom. The lowest BCUT2D eigenvalue weighted by Crippen LogP contribution is -2.58. The predicted octanol–water partition coefficient (Wildman–Crippen LogP) is 4.14. The second kappa shape index (κ2) is 11.1. The van der Waals surface area contributed by atoms with Gasteiger partial charge in [0.2, 0.25) is 17.2 Å². The maximum absolute atomic E-state index is 15.0. The molecule has 3 aromatic rings. The molecule has 3 aliphatic rings. The van der Waals surface area contributed by atoms with E-state index in [0.29, 0.717) is 22.8 Å². The fourth-order valence-corrected chi connectivity index (χ4v) is 6.75. The fourth-order valence-electron chi connectivity index (χ4n) is 6.48. The third-order valence-corrected chi connectivity index (χ3v) is 9.09. The van der Waals surface area contributed by atoms with Crippen LogP contribution in [0.25, 0.3) is 0 Å². The first-order valence-corrected chi connectivity index (χ1v) is 14.8. The van der Waals surface area contributed by atoms with Crippen molar-refractivity contribution in [2.75, 3.05) is 33.3 Å². The topological polar surface area (TPSA) is 147 Å². The number of nitrogens with one attached hydrogen (secondary N) is 2. The van der Waals surface area contributed by atoms with Crippen molar-refractivity contribution in [1.29, 1.82) is 0 Å². The molecule has 3 heterocycles. The number of Topliss-reactive ketones (excluding diaryl/α,β-unsaturated/α-hetero) is 2. The molecule has 0 amide bonds. The van der Waals surface area contributed by atoms with Gasteiger partial charge in [-0.05, 0) is 36.6 Å². The minimum absolute atomic E-state index is 0.0197. The molecular formula is C33H32ClN3O9. The number of halogens is 1. The third kappa shape index (κ3) is 4.34. The van der Waals surface area contributed by atoms with Gasteiger partial charge in [-0.3, -0.25) is 23.9 Å². The molecule has 12 nitrogen and oxygen atoms in total. The summed E-state index contributed by atoms with van der Waals surface area (Å²) in [6, 6.07) is 6.51. The van der Waals surface area contributed by atoms with E-state index >= 15 is 0 Å². The number of hydrogen-bond acceptors (Lipinski definition) is 10. The van der Waals surface area contributed by atoms with Crippen LogP contribution in [0.2, 0.25) is 5.02 Å². The number of allylic oxidation sites excluding steroid dienone is 1. The van der Waals surface area contributed by atoms with E-state index in [0.717, 1.165) is 5.57 Å². The maximum Gasteiger partial charge on any atom is 0.329 e. The van der Waals surface area contributed by atoms with Crippen LogP contribution in [0, 0.1) is 5.92 Å². The van der Waals surface area contributed by atoms with Crippen molar-refractivity contribution in [1.82, 2.24) is 9.55 Å². The van der Waals surface area contributed by atoms with Crippen molar-refractivity contribution < 1.29 is 33.3 Å². The number of fused-ring (bicyclic) bond motifs is 2. The van der Waals surface area contributed by atoms with E-state index < -0.39 is 40.3 Å². The van der Waals surface area contributed by atoms with Gasteiger partial charge in [0, 0.05) is 36.2 Å². The van der Waals surface area contributed by atoms with Crippen LogP contribution in [0.1, 0.15) is 47.7 Å². The molecule has 240 valence electrons. The molecule has 2 N–H and O–H groups in total. The van der Waals surface area contributed by atoms with Crippen LogP contribution in [-0.2, 0) is 11.8 Å². The number of nitrogens with zero attached hydrogens (tertiary/aromatic N) is 1. The van der Waals surface area contributed by atoms with Gasteiger partial charge >= 0.3 is 5.69 Å². The largest absolute Gasteiger partial charge is 0.496 e. The number of rotatable bonds is 7. The molecule has 1 spiro atoms. The summed E-state index contributed by atoms with van der Waals surface area (Å²) >= 11 is 6.62. The van der Waals surface area contributed by atoms with Crippen molar-refractivity contribution in [2.24, 2.45) is 13.0 Å². The Kier molecular flexibility index (Phi) is 7.51. The van der Waals surface area contributed by atoms with Crippen LogP contribution < -0.4 is 40.3 Å². The molecule has 0 fully saturated rings. The Labute approximate surface area is 268 Å². The van der Waals surface area contributed by atoms with Gasteiger partial charge in [0.05, 0.1) is 26.9 Å². The molecule has 3 atom stereocenters. The Morgan fingerprint density at radius 1 is 1.04 bits per heavy atom. The van der Waals surface area contributed by atoms with Gasteiger partial charge in [-0.15, -0.1) is 0 Å². The highest BCUT2D eigenvalue weighted by atomic mass is 35.5. The molecule has 6 rings (SSSR count). The maximum atomic E-state index is 15.0. The molecule has 2 aromatic carbocycles. The SMILES string of the molecule is C=C(C)COc1ccc(C2C3=C(C[C@@H](C)[C@]4(Oc5c(Cl)c(OC)cc(OC)c5C4=O)C3=O)Nc3c2c(=O)[nH]c(=O)n3C)cc1OC. The lowest BCUT2D eigenvalue weighted by atomic mass is 9.66. The summed E-state index contributed by atoms with van der Waals surface area (Å²) in [6.07, 6.45) is 0.158. The number of aromatic nitrogens is 2. The average Bonchev–Trinajstić information content (AvgIpc) is 3.35. The number of ether oxygens (including phenoxy) is 5. The number of anilines is 1. The number of hydrogen-bond donors (Lipinski definition) is 2. The standard InChI is InChI=1S/C33H32ClN3O9/c1-14(2)13-45-18-9-8-16(11-19(18)42-5)22-23-17(35-30-25(22)31(40)36-32(41)37(30)4)10-15(3)33(28(23)38)29(39)24-20(43-6)12-21(44-7)26(34)27(24)46-33/h8-9,11-12,15,22,35H,1,10,13H2,2-7H3,(H,36,40,41)/t15-,22?,33+/m1/s1. The monoisotopic (exact) mass is 649 g/mol. The van der Waals surface area contributed by atoms with E-state index in [1.165, 1.54) is 39.0 Å². The molecule has 0 saturated heterocycles. The number of carbonyl (C=O) groups excluding carboxylic acids is 2. The van der Waals surface area contributed by atoms with Gasteiger partial charge < -0.3 is 29.0 Å². The molecule has 1 unspecified atom stereocenters. The summed E-state index contributed by atoms with van der Waals surface area (Å²) < 4.78 is 30.0. The van der Waals surface area contributed by atoms with Crippen LogP contribution in [0.5, 0.6) is 28.7 Å². The molecule has 1 aliphatic carbocycles. The Balaban J connectivity index is 1.57. The number of aromatic amines is 1. The van der Waals surface area contributed by atoms with Gasteiger partial charge in [-0.2, -0.15) is 0 Å². The zero-order valence-electron chi connectivity index (χ0n) is 26.1. The van der Waals surface area contributed by atoms with Gasteiger partial charge in [-0.25, -0.2) is 4.79 Å². The summed E-state index contributed by atoms with van der Waals surface area (Å²) in [7, 11) is 5.79. The zero-order valence-corrected chi connectivity index (χ0v) is 26.8. The number of benzene rings is 2. The van der Waals surface area contributed by atoms with E-state index in [2.05, 4.69) is 16.9 Å². The Hall–Kier alpha value is -4.97. The van der Waals surface area contributed by atoms with E-state index in [-0.39, 0.29) is 57.8 Å². The number of carbonyl (C=O) groups is 2. The fraction of sp³-hybridized carbons (Fsp3) is 0.333. The minimum atomic E-state index is -2.02. The molecule has 0 bridgehead atoms. The molecule has 1 aromatic heterocycles. The van der Waals surface area contributed by atoms with Crippen LogP contribution in [0.3, 0.4) is 0 Å². The highest BCUT2D eigenvalue weighted by Gasteiger charge is 2.63. The van der Waals surface area contributed by atoms with Gasteiger partial charge in [0.1, 0.15) is 34.5 Å². The van der Waals surface area contributed by atoms with Crippen LogP contribution in [0.15, 0.2) is 57.3 Å². The highest BCUT2D eigenvalue weighted by Crippen LogP contribution is 2.56. The lowest BCUT2D eigenvalue weighted by molar-refractivity contribution is -0.130. The van der Waals surface area contributed by atoms with Crippen LogP contribution >= 0.6 is 11.6 Å². The van der Waals surface area contributed by atoms with E-state index in [9.17, 15) is 19.2 Å². The van der Waals surface area contributed by atoms with Gasteiger partial charge in [0.15, 0.2) is 17.2 Å². The van der Waals surface area contributed by atoms with Crippen LogP contribution in [0.4, 0.5) is 5.82 Å². The first-order chi connectivity index (χ1) is 21.9. The Morgan fingerprint density at radius 2 is 1.74 bits per heavy atom. The van der Waals surface area contributed by atoms with Crippen molar-refractivity contribution >= 4 is 29.0 Å². The Bertz CT molecular complexity index is 2010. The number of ketones is 2. The molecule has 13 heteroatoms. The normalized spacial score (nSPS) is 21.2. The molecule has 0 radical (unpaired) electrons. The predicted molar refractivity (Wildman–Crippen MR) is 169 cm³/mol. The highest BCUT2D eigenvalue weighted by molar-refractivity contribution is 6.36. The molecule has 46 heavy (non-hydrogen) atoms. The molecule has 2 aliphatic heterocycles. The summed E-state index contributed by atoms with van der Waals surface area (Å²) in [6.45, 7) is 7.66. The van der Waals surface area contributed by atoms with Crippen molar-refractivity contribution in [2.45, 2.75) is 31.8 Å². The first kappa shape index (κ1) is 31.0. The number of methoxy groups -OCH3 is 3. The minimum Gasteiger partial charge on any atom is -0.496 e. The summed E-state index contributed by atoms with van der Waals surface area (Å²) in [5.74, 6) is -1.68. The quantitative estimate of drug-likeness (QED) is 0.283. The second-order valence-corrected chi connectivity index (χ2v) is 12.0. The van der Waals surface area contributed by atoms with Gasteiger partial charge in [0.25, 0.3) is 5.56 Å². The smallest absolute Gasteiger partial charge is 0.329 e. The summed E-state index contributed by atoms with van der Waals surface area (Å²) in [5.41, 5.74) is -1.35. The van der Waals surface area contributed by atoms with Crippen molar-refractivity contribution in [3.05, 3.63) is 90.2 Å². The number of H-pyrrole nitrogens is 1. The lowest BCUT2D eigenvalue weighted by Gasteiger charge is -2.42. The summed E-state index contributed by atoms with van der Waals surface area (Å²) in [5, 5.41) is 3.20. The zero-order chi connectivity index (χ0) is 33.2. The molecular weight excluding hydrogens is 618 g/mol. The second-order valence-electron chi connectivity index (χ2n) is 11.6. The average molecular weight is 650 g/mol. The summed E-state index contributed by atoms with van der Waals surface area (Å²) in [4.78, 5) is 58.0. The van der Waals surface area contributed by atoms with E-state index in [4.69, 9.17) is 35.3 Å². The van der Waals surface area contributed by atoms with E-state index in [1.54, 1.807) is 25.1 Å².